The summed E-state index contributed by atoms with van der Waals surface area (Å²) < 4.78 is 16.4. The SMILES string of the molecule is CCCCN(C)C(=NCCOc1ccc2c(c1)OCO2)NCC.I. The van der Waals surface area contributed by atoms with Crippen LogP contribution < -0.4 is 19.5 Å². The smallest absolute Gasteiger partial charge is 0.231 e. The van der Waals surface area contributed by atoms with Gasteiger partial charge in [-0.25, -0.2) is 4.99 Å². The third-order valence-corrected chi connectivity index (χ3v) is 3.51. The Balaban J connectivity index is 0.00000288. The Kier molecular flexibility index (Phi) is 9.66. The van der Waals surface area contributed by atoms with Crippen LogP contribution in [0.5, 0.6) is 17.2 Å². The van der Waals surface area contributed by atoms with Crippen LogP contribution in [0.3, 0.4) is 0 Å². The Morgan fingerprint density at radius 1 is 1.29 bits per heavy atom. The van der Waals surface area contributed by atoms with Gasteiger partial charge in [-0.05, 0) is 25.5 Å². The highest BCUT2D eigenvalue weighted by molar-refractivity contribution is 14.0. The quantitative estimate of drug-likeness (QED) is 0.286. The second-order valence-corrected chi connectivity index (χ2v) is 5.37. The molecule has 1 N–H and O–H groups in total. The van der Waals surface area contributed by atoms with Crippen molar-refractivity contribution in [2.45, 2.75) is 26.7 Å². The first-order valence-electron chi connectivity index (χ1n) is 8.26. The molecule has 0 atom stereocenters. The number of benzene rings is 1. The number of fused-ring (bicyclic) bond motifs is 1. The number of nitrogens with zero attached hydrogens (tertiary/aromatic N) is 2. The molecule has 0 radical (unpaired) electrons. The van der Waals surface area contributed by atoms with E-state index in [1.165, 1.54) is 6.42 Å². The lowest BCUT2D eigenvalue weighted by molar-refractivity contribution is 0.174. The van der Waals surface area contributed by atoms with Crippen LogP contribution in [-0.4, -0.2) is 50.9 Å². The lowest BCUT2D eigenvalue weighted by Crippen LogP contribution is -2.39. The molecule has 0 unspecified atom stereocenters. The minimum atomic E-state index is 0. The van der Waals surface area contributed by atoms with Crippen molar-refractivity contribution in [2.24, 2.45) is 4.99 Å². The lowest BCUT2D eigenvalue weighted by Gasteiger charge is -2.21. The van der Waals surface area contributed by atoms with Crippen molar-refractivity contribution < 1.29 is 14.2 Å². The van der Waals surface area contributed by atoms with Crippen molar-refractivity contribution in [2.75, 3.05) is 40.1 Å². The lowest BCUT2D eigenvalue weighted by atomic mass is 10.3. The number of ether oxygens (including phenoxy) is 3. The van der Waals surface area contributed by atoms with E-state index >= 15 is 0 Å². The minimum absolute atomic E-state index is 0. The van der Waals surface area contributed by atoms with E-state index in [1.54, 1.807) is 0 Å². The summed E-state index contributed by atoms with van der Waals surface area (Å²) in [5, 5.41) is 3.31. The fourth-order valence-electron chi connectivity index (χ4n) is 2.25. The Bertz CT molecular complexity index is 526. The third kappa shape index (κ3) is 6.26. The number of guanidine groups is 1. The van der Waals surface area contributed by atoms with Crippen LogP contribution in [0.1, 0.15) is 26.7 Å². The van der Waals surface area contributed by atoms with Crippen molar-refractivity contribution >= 4 is 29.9 Å². The van der Waals surface area contributed by atoms with Gasteiger partial charge in [0.15, 0.2) is 17.5 Å². The average molecular weight is 449 g/mol. The van der Waals surface area contributed by atoms with Crippen molar-refractivity contribution in [1.29, 1.82) is 0 Å². The Labute approximate surface area is 161 Å². The molecular weight excluding hydrogens is 421 g/mol. The van der Waals surface area contributed by atoms with Gasteiger partial charge in [0.1, 0.15) is 12.4 Å². The summed E-state index contributed by atoms with van der Waals surface area (Å²) in [7, 11) is 2.07. The topological polar surface area (TPSA) is 55.3 Å². The highest BCUT2D eigenvalue weighted by Crippen LogP contribution is 2.34. The number of hydrogen-bond acceptors (Lipinski definition) is 4. The van der Waals surface area contributed by atoms with Crippen molar-refractivity contribution in [1.82, 2.24) is 10.2 Å². The van der Waals surface area contributed by atoms with E-state index in [1.807, 2.05) is 18.2 Å². The highest BCUT2D eigenvalue weighted by atomic mass is 127. The van der Waals surface area contributed by atoms with Crippen LogP contribution in [0, 0.1) is 0 Å². The van der Waals surface area contributed by atoms with Crippen LogP contribution in [0.2, 0.25) is 0 Å². The molecule has 0 aromatic heterocycles. The van der Waals surface area contributed by atoms with Gasteiger partial charge in [0.2, 0.25) is 6.79 Å². The maximum Gasteiger partial charge on any atom is 0.231 e. The van der Waals surface area contributed by atoms with Crippen molar-refractivity contribution in [3.63, 3.8) is 0 Å². The monoisotopic (exact) mass is 449 g/mol. The minimum Gasteiger partial charge on any atom is -0.492 e. The molecule has 6 nitrogen and oxygen atoms in total. The molecule has 2 rings (SSSR count). The highest BCUT2D eigenvalue weighted by Gasteiger charge is 2.13. The fourth-order valence-corrected chi connectivity index (χ4v) is 2.25. The summed E-state index contributed by atoms with van der Waals surface area (Å²) in [5.74, 6) is 3.20. The average Bonchev–Trinajstić information content (AvgIpc) is 3.03. The molecule has 0 spiro atoms. The molecule has 0 saturated carbocycles. The molecule has 7 heteroatoms. The zero-order chi connectivity index (χ0) is 16.5. The number of rotatable bonds is 8. The van der Waals surface area contributed by atoms with Gasteiger partial charge in [0.05, 0.1) is 6.54 Å². The normalized spacial score (nSPS) is 12.5. The molecule has 0 amide bonds. The van der Waals surface area contributed by atoms with Gasteiger partial charge in [-0.15, -0.1) is 24.0 Å². The van der Waals surface area contributed by atoms with Crippen LogP contribution in [-0.2, 0) is 0 Å². The fraction of sp³-hybridized carbons (Fsp3) is 0.588. The molecule has 1 aliphatic rings. The third-order valence-electron chi connectivity index (χ3n) is 3.51. The van der Waals surface area contributed by atoms with Gasteiger partial charge in [0, 0.05) is 26.2 Å². The van der Waals surface area contributed by atoms with Gasteiger partial charge >= 0.3 is 0 Å². The Morgan fingerprint density at radius 2 is 2.08 bits per heavy atom. The maximum atomic E-state index is 5.73. The summed E-state index contributed by atoms with van der Waals surface area (Å²) in [6, 6.07) is 5.60. The van der Waals surface area contributed by atoms with Crippen LogP contribution in [0.4, 0.5) is 0 Å². The van der Waals surface area contributed by atoms with Gasteiger partial charge < -0.3 is 24.4 Å². The molecule has 1 aromatic rings. The number of hydrogen-bond donors (Lipinski definition) is 1. The molecule has 0 saturated heterocycles. The molecule has 1 aromatic carbocycles. The second-order valence-electron chi connectivity index (χ2n) is 5.37. The van der Waals surface area contributed by atoms with E-state index in [-0.39, 0.29) is 30.8 Å². The molecule has 1 heterocycles. The summed E-state index contributed by atoms with van der Waals surface area (Å²) in [6.07, 6.45) is 2.34. The first-order chi connectivity index (χ1) is 11.2. The van der Waals surface area contributed by atoms with Gasteiger partial charge in [-0.1, -0.05) is 13.3 Å². The van der Waals surface area contributed by atoms with E-state index in [4.69, 9.17) is 14.2 Å². The van der Waals surface area contributed by atoms with Crippen LogP contribution in [0.15, 0.2) is 23.2 Å². The number of nitrogens with one attached hydrogen (secondary N) is 1. The molecule has 0 aliphatic carbocycles. The van der Waals surface area contributed by atoms with Crippen molar-refractivity contribution in [3.8, 4) is 17.2 Å². The summed E-state index contributed by atoms with van der Waals surface area (Å²) in [5.41, 5.74) is 0. The first kappa shape index (κ1) is 20.7. The second kappa shape index (κ2) is 11.2. The van der Waals surface area contributed by atoms with E-state index in [2.05, 4.69) is 36.1 Å². The Hall–Kier alpha value is -1.38. The predicted octanol–water partition coefficient (Wildman–Crippen LogP) is 3.11. The van der Waals surface area contributed by atoms with Gasteiger partial charge in [-0.3, -0.25) is 0 Å². The molecular formula is C17H28IN3O3. The number of unbranched alkanes of at least 4 members (excludes halogenated alkanes) is 1. The zero-order valence-corrected chi connectivity index (χ0v) is 17.0. The van der Waals surface area contributed by atoms with E-state index in [9.17, 15) is 0 Å². The predicted molar refractivity (Wildman–Crippen MR) is 107 cm³/mol. The van der Waals surface area contributed by atoms with Crippen molar-refractivity contribution in [3.05, 3.63) is 18.2 Å². The summed E-state index contributed by atoms with van der Waals surface area (Å²) in [6.45, 7) is 7.54. The molecule has 0 bridgehead atoms. The number of aliphatic imine (C=N–C) groups is 1. The van der Waals surface area contributed by atoms with E-state index < -0.39 is 0 Å². The number of halogens is 1. The zero-order valence-electron chi connectivity index (χ0n) is 14.7. The van der Waals surface area contributed by atoms with E-state index in [0.29, 0.717) is 13.2 Å². The largest absolute Gasteiger partial charge is 0.492 e. The Morgan fingerprint density at radius 3 is 2.83 bits per heavy atom. The van der Waals surface area contributed by atoms with Gasteiger partial charge in [0.25, 0.3) is 0 Å². The molecule has 0 fully saturated rings. The summed E-state index contributed by atoms with van der Waals surface area (Å²) >= 11 is 0. The summed E-state index contributed by atoms with van der Waals surface area (Å²) in [4.78, 5) is 6.76. The van der Waals surface area contributed by atoms with Crippen LogP contribution in [0.25, 0.3) is 0 Å². The first-order valence-corrected chi connectivity index (χ1v) is 8.26. The maximum absolute atomic E-state index is 5.73. The standard InChI is InChI=1S/C17H27N3O3.HI/c1-4-6-10-20(3)17(18-5-2)19-9-11-21-14-7-8-15-16(12-14)23-13-22-15;/h7-8,12H,4-6,9-11,13H2,1-3H3,(H,18,19);1H. The van der Waals surface area contributed by atoms with Crippen LogP contribution >= 0.6 is 24.0 Å². The molecule has 136 valence electrons. The van der Waals surface area contributed by atoms with E-state index in [0.717, 1.165) is 42.7 Å². The molecule has 24 heavy (non-hydrogen) atoms. The van der Waals surface area contributed by atoms with Gasteiger partial charge in [-0.2, -0.15) is 0 Å². The molecule has 1 aliphatic heterocycles.